The summed E-state index contributed by atoms with van der Waals surface area (Å²) in [7, 11) is 1.71. The van der Waals surface area contributed by atoms with E-state index < -0.39 is 0 Å². The Balaban J connectivity index is 1.51. The zero-order valence-electron chi connectivity index (χ0n) is 12.1. The highest BCUT2D eigenvalue weighted by atomic mass is 32.1. The second kappa shape index (κ2) is 6.67. The molecule has 1 aromatic rings. The van der Waals surface area contributed by atoms with Crippen molar-refractivity contribution >= 4 is 22.5 Å². The van der Waals surface area contributed by atoms with Gasteiger partial charge in [-0.05, 0) is 12.8 Å². The Hall–Kier alpha value is -1.25. The van der Waals surface area contributed by atoms with E-state index in [9.17, 15) is 4.79 Å². The molecule has 1 aliphatic heterocycles. The summed E-state index contributed by atoms with van der Waals surface area (Å²) in [6, 6.07) is -0.219. The third-order valence-corrected chi connectivity index (χ3v) is 4.82. The molecule has 0 unspecified atom stereocenters. The van der Waals surface area contributed by atoms with Crippen LogP contribution >= 0.6 is 11.3 Å². The highest BCUT2D eigenvalue weighted by Crippen LogP contribution is 2.36. The van der Waals surface area contributed by atoms with Crippen molar-refractivity contribution in [3.8, 4) is 0 Å². The van der Waals surface area contributed by atoms with Crippen molar-refractivity contribution in [2.75, 3.05) is 32.1 Å². The minimum absolute atomic E-state index is 0.219. The van der Waals surface area contributed by atoms with Crippen LogP contribution in [0.15, 0.2) is 0 Å². The first-order chi connectivity index (χ1) is 10.2. The van der Waals surface area contributed by atoms with E-state index in [0.29, 0.717) is 30.8 Å². The number of rotatable bonds is 4. The molecule has 8 heteroatoms. The molecule has 0 atom stereocenters. The van der Waals surface area contributed by atoms with Crippen LogP contribution in [0, 0.1) is 0 Å². The van der Waals surface area contributed by atoms with Crippen LogP contribution < -0.4 is 5.32 Å². The first-order valence-electron chi connectivity index (χ1n) is 7.31. The van der Waals surface area contributed by atoms with Gasteiger partial charge in [-0.25, -0.2) is 4.79 Å². The van der Waals surface area contributed by atoms with E-state index in [1.54, 1.807) is 7.05 Å². The van der Waals surface area contributed by atoms with E-state index in [2.05, 4.69) is 15.5 Å². The molecule has 0 aromatic carbocycles. The Morgan fingerprint density at radius 1 is 1.33 bits per heavy atom. The van der Waals surface area contributed by atoms with Gasteiger partial charge in [-0.1, -0.05) is 24.2 Å². The molecule has 1 aromatic heterocycles. The lowest BCUT2D eigenvalue weighted by molar-refractivity contribution is -0.0518. The second-order valence-electron chi connectivity index (χ2n) is 5.41. The van der Waals surface area contributed by atoms with Gasteiger partial charge in [0, 0.05) is 13.0 Å². The Morgan fingerprint density at radius 3 is 2.76 bits per heavy atom. The molecule has 116 valence electrons. The monoisotopic (exact) mass is 312 g/mol. The van der Waals surface area contributed by atoms with Gasteiger partial charge in [0.2, 0.25) is 5.13 Å². The maximum atomic E-state index is 12.1. The number of anilines is 1. The summed E-state index contributed by atoms with van der Waals surface area (Å²) in [4.78, 5) is 13.6. The van der Waals surface area contributed by atoms with Crippen LogP contribution in [0.3, 0.4) is 0 Å². The van der Waals surface area contributed by atoms with Crippen molar-refractivity contribution in [1.29, 1.82) is 0 Å². The lowest BCUT2D eigenvalue weighted by atomic mass is 10.1. The van der Waals surface area contributed by atoms with Gasteiger partial charge in [0.05, 0.1) is 19.8 Å². The first-order valence-corrected chi connectivity index (χ1v) is 8.13. The molecular formula is C13H20N4O3S. The van der Waals surface area contributed by atoms with Gasteiger partial charge < -0.3 is 14.4 Å². The summed E-state index contributed by atoms with van der Waals surface area (Å²) in [6.07, 6.45) is 4.55. The SMILES string of the molecule is CN(CC1OCCO1)C(=O)Nc1nnc(C2CCCC2)s1. The van der Waals surface area contributed by atoms with Gasteiger partial charge in [0.1, 0.15) is 5.01 Å². The van der Waals surface area contributed by atoms with E-state index >= 15 is 0 Å². The highest BCUT2D eigenvalue weighted by molar-refractivity contribution is 7.15. The first kappa shape index (κ1) is 14.7. The lowest BCUT2D eigenvalue weighted by Gasteiger charge is -2.19. The molecule has 1 N–H and O–H groups in total. The van der Waals surface area contributed by atoms with Crippen LogP contribution in [0.5, 0.6) is 0 Å². The number of likely N-dealkylation sites (N-methyl/N-ethyl adjacent to an activating group) is 1. The van der Waals surface area contributed by atoms with Crippen LogP contribution in [-0.2, 0) is 9.47 Å². The summed E-state index contributed by atoms with van der Waals surface area (Å²) in [5.41, 5.74) is 0. The van der Waals surface area contributed by atoms with Crippen molar-refractivity contribution in [2.24, 2.45) is 0 Å². The van der Waals surface area contributed by atoms with Crippen LogP contribution in [-0.4, -0.2) is 54.2 Å². The Bertz CT molecular complexity index is 484. The maximum Gasteiger partial charge on any atom is 0.323 e. The minimum atomic E-state index is -0.329. The largest absolute Gasteiger partial charge is 0.348 e. The number of nitrogens with one attached hydrogen (secondary N) is 1. The third kappa shape index (κ3) is 3.69. The third-order valence-electron chi connectivity index (χ3n) is 3.82. The van der Waals surface area contributed by atoms with Gasteiger partial charge in [0.25, 0.3) is 0 Å². The molecule has 3 rings (SSSR count). The normalized spacial score (nSPS) is 20.0. The fraction of sp³-hybridized carbons (Fsp3) is 0.769. The number of urea groups is 1. The fourth-order valence-electron chi connectivity index (χ4n) is 2.63. The van der Waals surface area contributed by atoms with Gasteiger partial charge in [-0.2, -0.15) is 0 Å². The zero-order valence-corrected chi connectivity index (χ0v) is 12.9. The Morgan fingerprint density at radius 2 is 2.05 bits per heavy atom. The number of ether oxygens (including phenoxy) is 2. The quantitative estimate of drug-likeness (QED) is 0.920. The number of carbonyl (C=O) groups excluding carboxylic acids is 1. The van der Waals surface area contributed by atoms with E-state index in [1.165, 1.54) is 41.9 Å². The van der Waals surface area contributed by atoms with Crippen molar-refractivity contribution in [1.82, 2.24) is 15.1 Å². The lowest BCUT2D eigenvalue weighted by Crippen LogP contribution is -2.37. The number of hydrogen-bond donors (Lipinski definition) is 1. The number of aromatic nitrogens is 2. The standard InChI is InChI=1S/C13H20N4O3S/c1-17(8-10-19-6-7-20-10)13(18)14-12-16-15-11(21-12)9-4-2-3-5-9/h9-10H,2-8H2,1H3,(H,14,16,18). The van der Waals surface area contributed by atoms with Crippen molar-refractivity contribution < 1.29 is 14.3 Å². The molecule has 2 heterocycles. The predicted molar refractivity (Wildman–Crippen MR) is 78.5 cm³/mol. The summed E-state index contributed by atoms with van der Waals surface area (Å²) in [5, 5.41) is 12.6. The molecule has 0 bridgehead atoms. The molecule has 21 heavy (non-hydrogen) atoms. The van der Waals surface area contributed by atoms with Crippen LogP contribution in [0.1, 0.15) is 36.6 Å². The molecule has 0 spiro atoms. The van der Waals surface area contributed by atoms with Crippen molar-refractivity contribution in [3.63, 3.8) is 0 Å². The van der Waals surface area contributed by atoms with Crippen molar-refractivity contribution in [3.05, 3.63) is 5.01 Å². The topological polar surface area (TPSA) is 76.6 Å². The van der Waals surface area contributed by atoms with Gasteiger partial charge in [0.15, 0.2) is 6.29 Å². The molecule has 1 aliphatic carbocycles. The van der Waals surface area contributed by atoms with E-state index in [4.69, 9.17) is 9.47 Å². The van der Waals surface area contributed by atoms with Crippen molar-refractivity contribution in [2.45, 2.75) is 37.9 Å². The molecule has 1 saturated heterocycles. The molecule has 7 nitrogen and oxygen atoms in total. The smallest absolute Gasteiger partial charge is 0.323 e. The average Bonchev–Trinajstić information content (AvgIpc) is 3.20. The van der Waals surface area contributed by atoms with Gasteiger partial charge in [-0.3, -0.25) is 5.32 Å². The fourth-order valence-corrected chi connectivity index (χ4v) is 3.53. The zero-order chi connectivity index (χ0) is 14.7. The van der Waals surface area contributed by atoms with E-state index in [-0.39, 0.29) is 12.3 Å². The second-order valence-corrected chi connectivity index (χ2v) is 6.42. The summed E-state index contributed by atoms with van der Waals surface area (Å²) in [6.45, 7) is 1.57. The number of amides is 2. The molecule has 2 fully saturated rings. The van der Waals surface area contributed by atoms with E-state index in [1.807, 2.05) is 0 Å². The van der Waals surface area contributed by atoms with E-state index in [0.717, 1.165) is 5.01 Å². The van der Waals surface area contributed by atoms with Gasteiger partial charge in [-0.15, -0.1) is 10.2 Å². The molecule has 2 amide bonds. The summed E-state index contributed by atoms with van der Waals surface area (Å²) < 4.78 is 10.7. The summed E-state index contributed by atoms with van der Waals surface area (Å²) in [5.74, 6) is 0.520. The number of hydrogen-bond acceptors (Lipinski definition) is 6. The molecule has 1 saturated carbocycles. The summed E-state index contributed by atoms with van der Waals surface area (Å²) >= 11 is 1.48. The van der Waals surface area contributed by atoms with Gasteiger partial charge >= 0.3 is 6.03 Å². The molecular weight excluding hydrogens is 292 g/mol. The Labute approximate surface area is 127 Å². The van der Waals surface area contributed by atoms with Crippen LogP contribution in [0.25, 0.3) is 0 Å². The predicted octanol–water partition coefficient (Wildman–Crippen LogP) is 2.03. The minimum Gasteiger partial charge on any atom is -0.348 e. The van der Waals surface area contributed by atoms with Crippen LogP contribution in [0.4, 0.5) is 9.93 Å². The molecule has 0 radical (unpaired) electrons. The maximum absolute atomic E-state index is 12.1. The average molecular weight is 312 g/mol. The number of nitrogens with zero attached hydrogens (tertiary/aromatic N) is 3. The van der Waals surface area contributed by atoms with Crippen LogP contribution in [0.2, 0.25) is 0 Å². The Kier molecular flexibility index (Phi) is 4.67. The molecule has 2 aliphatic rings. The highest BCUT2D eigenvalue weighted by Gasteiger charge is 2.23. The number of carbonyl (C=O) groups is 1.